The fourth-order valence-corrected chi connectivity index (χ4v) is 3.71. The first-order valence-electron chi connectivity index (χ1n) is 10.2. The number of methoxy groups -OCH3 is 1. The second kappa shape index (κ2) is 12.3. The van der Waals surface area contributed by atoms with Gasteiger partial charge in [0.25, 0.3) is 5.91 Å². The van der Waals surface area contributed by atoms with Crippen molar-refractivity contribution < 1.29 is 24.0 Å². The number of amides is 2. The lowest BCUT2D eigenvalue weighted by molar-refractivity contribution is -0.385. The Kier molecular flexibility index (Phi) is 9.74. The van der Waals surface area contributed by atoms with E-state index in [9.17, 15) is 19.7 Å². The van der Waals surface area contributed by atoms with Crippen LogP contribution in [-0.4, -0.2) is 47.9 Å². The smallest absolute Gasteiger partial charge is 0.311 e. The lowest BCUT2D eigenvalue weighted by Gasteiger charge is -2.31. The fourth-order valence-electron chi connectivity index (χ4n) is 3.19. The van der Waals surface area contributed by atoms with Gasteiger partial charge >= 0.3 is 5.69 Å². The Morgan fingerprint density at radius 3 is 2.39 bits per heavy atom. The first-order valence-corrected chi connectivity index (χ1v) is 10.9. The minimum atomic E-state index is -0.778. The largest absolute Gasteiger partial charge is 0.490 e. The van der Waals surface area contributed by atoms with E-state index in [1.807, 2.05) is 0 Å². The molecule has 2 amide bonds. The highest BCUT2D eigenvalue weighted by atomic mass is 35.5. The first-order chi connectivity index (χ1) is 15.7. The van der Waals surface area contributed by atoms with Crippen LogP contribution in [-0.2, 0) is 16.1 Å². The van der Waals surface area contributed by atoms with Crippen LogP contribution in [0, 0.1) is 10.1 Å². The molecule has 0 saturated heterocycles. The molecule has 0 radical (unpaired) electrons. The zero-order valence-electron chi connectivity index (χ0n) is 18.5. The van der Waals surface area contributed by atoms with E-state index in [1.54, 1.807) is 32.0 Å². The molecule has 0 bridgehead atoms. The zero-order valence-corrected chi connectivity index (χ0v) is 20.0. The molecule has 0 aliphatic heterocycles. The number of carbonyl (C=O) groups is 2. The normalized spacial score (nSPS) is 11.4. The molecule has 0 spiro atoms. The number of likely N-dealkylation sites (N-methyl/N-ethyl adjacent to an activating group) is 1. The Morgan fingerprint density at radius 2 is 1.85 bits per heavy atom. The summed E-state index contributed by atoms with van der Waals surface area (Å²) in [6.07, 6.45) is 0.352. The second-order valence-corrected chi connectivity index (χ2v) is 7.73. The molecule has 1 atom stereocenters. The number of nitro benzene ring substituents is 1. The van der Waals surface area contributed by atoms with Crippen LogP contribution in [0.25, 0.3) is 0 Å². The maximum atomic E-state index is 13.2. The topological polar surface area (TPSA) is 111 Å². The monoisotopic (exact) mass is 497 g/mol. The molecule has 0 heterocycles. The van der Waals surface area contributed by atoms with Gasteiger partial charge in [-0.2, -0.15) is 0 Å². The minimum Gasteiger partial charge on any atom is -0.490 e. The highest BCUT2D eigenvalue weighted by Gasteiger charge is 2.30. The van der Waals surface area contributed by atoms with E-state index in [4.69, 9.17) is 32.7 Å². The number of benzene rings is 2. The van der Waals surface area contributed by atoms with Crippen LogP contribution in [0.15, 0.2) is 36.4 Å². The molecule has 2 aromatic rings. The number of nitro groups is 1. The third kappa shape index (κ3) is 6.72. The summed E-state index contributed by atoms with van der Waals surface area (Å²) < 4.78 is 10.6. The lowest BCUT2D eigenvalue weighted by atomic mass is 10.1. The van der Waals surface area contributed by atoms with Gasteiger partial charge in [-0.05, 0) is 31.5 Å². The average molecular weight is 498 g/mol. The molecule has 0 aliphatic carbocycles. The van der Waals surface area contributed by atoms with E-state index >= 15 is 0 Å². The Bertz CT molecular complexity index is 997. The molecule has 1 N–H and O–H groups in total. The molecule has 178 valence electrons. The van der Waals surface area contributed by atoms with Crippen LogP contribution >= 0.6 is 23.2 Å². The van der Waals surface area contributed by atoms with E-state index in [0.29, 0.717) is 28.6 Å². The van der Waals surface area contributed by atoms with Gasteiger partial charge in [-0.25, -0.2) is 0 Å². The average Bonchev–Trinajstić information content (AvgIpc) is 2.79. The predicted octanol–water partition coefficient (Wildman–Crippen LogP) is 4.23. The van der Waals surface area contributed by atoms with Gasteiger partial charge in [-0.3, -0.25) is 19.7 Å². The van der Waals surface area contributed by atoms with Crippen molar-refractivity contribution in [3.05, 3.63) is 62.1 Å². The van der Waals surface area contributed by atoms with Gasteiger partial charge in [0.1, 0.15) is 11.8 Å². The van der Waals surface area contributed by atoms with Gasteiger partial charge in [-0.1, -0.05) is 36.2 Å². The summed E-state index contributed by atoms with van der Waals surface area (Å²) in [5.74, 6) is -0.596. The van der Waals surface area contributed by atoms with Crippen molar-refractivity contribution in [2.45, 2.75) is 32.9 Å². The van der Waals surface area contributed by atoms with Crippen molar-refractivity contribution >= 4 is 40.7 Å². The van der Waals surface area contributed by atoms with Crippen LogP contribution in [0.2, 0.25) is 10.0 Å². The van der Waals surface area contributed by atoms with Gasteiger partial charge in [0.05, 0.1) is 12.0 Å². The Labute approximate surface area is 201 Å². The van der Waals surface area contributed by atoms with Crippen molar-refractivity contribution in [3.63, 3.8) is 0 Å². The van der Waals surface area contributed by atoms with Gasteiger partial charge in [0.2, 0.25) is 11.7 Å². The molecule has 2 aromatic carbocycles. The van der Waals surface area contributed by atoms with E-state index in [2.05, 4.69) is 5.32 Å². The summed E-state index contributed by atoms with van der Waals surface area (Å²) in [7, 11) is 1.30. The maximum Gasteiger partial charge on any atom is 0.311 e. The summed E-state index contributed by atoms with van der Waals surface area (Å²) in [6, 6.07) is 8.12. The standard InChI is InChI=1S/C22H25Cl2N3O6/c1-4-18(22(29)25-5-2)26(12-15-16(23)7-6-8-17(15)24)21(28)13-33-14-9-10-19(27(30)31)20(11-14)32-3/h6-11,18H,4-5,12-13H2,1-3H3,(H,25,29)/t18-/m1/s1. The number of carbonyl (C=O) groups excluding carboxylic acids is 2. The molecule has 0 aliphatic rings. The molecule has 9 nitrogen and oxygen atoms in total. The zero-order chi connectivity index (χ0) is 24.5. The first kappa shape index (κ1) is 26.2. The molecule has 0 fully saturated rings. The van der Waals surface area contributed by atoms with Crippen molar-refractivity contribution in [3.8, 4) is 11.5 Å². The van der Waals surface area contributed by atoms with Gasteiger partial charge in [-0.15, -0.1) is 0 Å². The molecule has 33 heavy (non-hydrogen) atoms. The highest BCUT2D eigenvalue weighted by molar-refractivity contribution is 6.36. The van der Waals surface area contributed by atoms with Crippen molar-refractivity contribution in [1.29, 1.82) is 0 Å². The summed E-state index contributed by atoms with van der Waals surface area (Å²) in [5, 5.41) is 14.5. The van der Waals surface area contributed by atoms with Gasteiger partial charge in [0, 0.05) is 40.8 Å². The number of hydrogen-bond donors (Lipinski definition) is 1. The quantitative estimate of drug-likeness (QED) is 0.367. The molecule has 0 saturated carbocycles. The third-order valence-corrected chi connectivity index (χ3v) is 5.55. The highest BCUT2D eigenvalue weighted by Crippen LogP contribution is 2.31. The summed E-state index contributed by atoms with van der Waals surface area (Å²) in [4.78, 5) is 37.7. The van der Waals surface area contributed by atoms with E-state index in [-0.39, 0.29) is 29.6 Å². The van der Waals surface area contributed by atoms with Crippen LogP contribution < -0.4 is 14.8 Å². The third-order valence-electron chi connectivity index (χ3n) is 4.84. The Balaban J connectivity index is 2.29. The van der Waals surface area contributed by atoms with E-state index in [1.165, 1.54) is 30.2 Å². The molecule has 0 unspecified atom stereocenters. The van der Waals surface area contributed by atoms with E-state index < -0.39 is 23.5 Å². The molecule has 0 aromatic heterocycles. The number of hydrogen-bond acceptors (Lipinski definition) is 6. The van der Waals surface area contributed by atoms with E-state index in [0.717, 1.165) is 0 Å². The summed E-state index contributed by atoms with van der Waals surface area (Å²) >= 11 is 12.6. The number of ether oxygens (including phenoxy) is 2. The molecular formula is C22H25Cl2N3O6. The number of rotatable bonds is 11. The van der Waals surface area contributed by atoms with Crippen molar-refractivity contribution in [1.82, 2.24) is 10.2 Å². The fraction of sp³-hybridized carbons (Fsp3) is 0.364. The van der Waals surface area contributed by atoms with Crippen LogP contribution in [0.3, 0.4) is 0 Å². The van der Waals surface area contributed by atoms with Gasteiger partial charge < -0.3 is 19.7 Å². The van der Waals surface area contributed by atoms with Crippen molar-refractivity contribution in [2.75, 3.05) is 20.3 Å². The maximum absolute atomic E-state index is 13.2. The molecule has 11 heteroatoms. The Morgan fingerprint density at radius 1 is 1.18 bits per heavy atom. The summed E-state index contributed by atoms with van der Waals surface area (Å²) in [6.45, 7) is 3.56. The van der Waals surface area contributed by atoms with Crippen LogP contribution in [0.1, 0.15) is 25.8 Å². The summed E-state index contributed by atoms with van der Waals surface area (Å²) in [5.41, 5.74) is 0.280. The SMILES string of the molecule is CCNC(=O)[C@@H](CC)N(Cc1c(Cl)cccc1Cl)C(=O)COc1ccc([N+](=O)[O-])c(OC)c1. The minimum absolute atomic E-state index is 0.0000759. The number of nitrogens with zero attached hydrogens (tertiary/aromatic N) is 2. The van der Waals surface area contributed by atoms with Crippen molar-refractivity contribution in [2.24, 2.45) is 0 Å². The number of nitrogens with one attached hydrogen (secondary N) is 1. The number of halogens is 2. The van der Waals surface area contributed by atoms with Crippen LogP contribution in [0.5, 0.6) is 11.5 Å². The predicted molar refractivity (Wildman–Crippen MR) is 125 cm³/mol. The van der Waals surface area contributed by atoms with Crippen LogP contribution in [0.4, 0.5) is 5.69 Å². The lowest BCUT2D eigenvalue weighted by Crippen LogP contribution is -2.50. The Hall–Kier alpha value is -3.04. The molecule has 2 rings (SSSR count). The molecular weight excluding hydrogens is 473 g/mol. The van der Waals surface area contributed by atoms with Gasteiger partial charge in [0.15, 0.2) is 6.61 Å². The second-order valence-electron chi connectivity index (χ2n) is 6.92.